The lowest BCUT2D eigenvalue weighted by molar-refractivity contribution is 0.00415. The molecule has 6 rings (SSSR count). The molecule has 4 aromatic rings. The second-order valence-electron chi connectivity index (χ2n) is 10.0. The van der Waals surface area contributed by atoms with Gasteiger partial charge < -0.3 is 9.30 Å². The van der Waals surface area contributed by atoms with Crippen LogP contribution in [0.2, 0.25) is 0 Å². The monoisotopic (exact) mass is 510 g/mol. The van der Waals surface area contributed by atoms with Crippen LogP contribution in [0.4, 0.5) is 9.18 Å². The molecular weight excluding hydrogens is 487 g/mol. The molecule has 0 bridgehead atoms. The van der Waals surface area contributed by atoms with Crippen molar-refractivity contribution in [3.05, 3.63) is 71.6 Å². The summed E-state index contributed by atoms with van der Waals surface area (Å²) in [5.74, 6) is -0.245. The summed E-state index contributed by atoms with van der Waals surface area (Å²) in [6.45, 7) is 1.41. The van der Waals surface area contributed by atoms with Crippen LogP contribution < -0.4 is 0 Å². The molecule has 0 radical (unpaired) electrons. The standard InChI is InChI=1S/C27H23FN8O2/c28-21-6-20(12-30)7-23(9-21)36-15-22(32-33-36)14-34-16-27(38-26(34)37)5-1-2-19(10-27)13-35-17-31-24-4-3-18(11-29)8-25(24)35/h3-4,6-9,15,17,19H,1-2,5,10,13-14,16H2/t19-,27+/m0/s1. The number of hydrogen-bond donors (Lipinski definition) is 0. The van der Waals surface area contributed by atoms with Gasteiger partial charge in [0, 0.05) is 6.54 Å². The average molecular weight is 511 g/mol. The number of amides is 1. The molecule has 2 fully saturated rings. The average Bonchev–Trinajstić information content (AvgIpc) is 3.62. The van der Waals surface area contributed by atoms with Crippen LogP contribution >= 0.6 is 0 Å². The van der Waals surface area contributed by atoms with Crippen molar-refractivity contribution < 1.29 is 13.9 Å². The lowest BCUT2D eigenvalue weighted by Gasteiger charge is -2.36. The van der Waals surface area contributed by atoms with Gasteiger partial charge in [0.2, 0.25) is 0 Å². The van der Waals surface area contributed by atoms with E-state index in [1.165, 1.54) is 16.8 Å². The molecule has 1 aliphatic carbocycles. The summed E-state index contributed by atoms with van der Waals surface area (Å²) in [4.78, 5) is 18.9. The Morgan fingerprint density at radius 1 is 1.16 bits per heavy atom. The molecule has 11 heteroatoms. The Morgan fingerprint density at radius 2 is 2.03 bits per heavy atom. The predicted octanol–water partition coefficient (Wildman–Crippen LogP) is 4.08. The van der Waals surface area contributed by atoms with E-state index in [0.717, 1.165) is 49.3 Å². The Labute approximate surface area is 217 Å². The molecule has 0 unspecified atom stereocenters. The highest BCUT2D eigenvalue weighted by atomic mass is 19.1. The van der Waals surface area contributed by atoms with Crippen LogP contribution in [0.3, 0.4) is 0 Å². The Morgan fingerprint density at radius 3 is 2.87 bits per heavy atom. The van der Waals surface area contributed by atoms with Crippen molar-refractivity contribution in [2.24, 2.45) is 5.92 Å². The first-order chi connectivity index (χ1) is 18.4. The van der Waals surface area contributed by atoms with Gasteiger partial charge in [-0.1, -0.05) is 5.21 Å². The van der Waals surface area contributed by atoms with Crippen LogP contribution in [-0.2, 0) is 17.8 Å². The fraction of sp³-hybridized carbons (Fsp3) is 0.333. The molecule has 3 heterocycles. The number of benzene rings is 2. The number of carbonyl (C=O) groups is 1. The molecule has 1 aliphatic heterocycles. The van der Waals surface area contributed by atoms with E-state index in [0.29, 0.717) is 29.4 Å². The number of ether oxygens (including phenoxy) is 1. The number of imidazole rings is 1. The molecule has 190 valence electrons. The van der Waals surface area contributed by atoms with Gasteiger partial charge in [0.25, 0.3) is 0 Å². The molecule has 1 spiro atoms. The fourth-order valence-electron chi connectivity index (χ4n) is 5.66. The van der Waals surface area contributed by atoms with Gasteiger partial charge in [-0.2, -0.15) is 10.5 Å². The molecule has 2 aromatic carbocycles. The Balaban J connectivity index is 1.14. The lowest BCUT2D eigenvalue weighted by Crippen LogP contribution is -2.40. The zero-order valence-electron chi connectivity index (χ0n) is 20.4. The molecule has 38 heavy (non-hydrogen) atoms. The number of rotatable bonds is 5. The second-order valence-corrected chi connectivity index (χ2v) is 10.0. The van der Waals surface area contributed by atoms with Crippen LogP contribution in [0.5, 0.6) is 0 Å². The van der Waals surface area contributed by atoms with E-state index in [9.17, 15) is 14.4 Å². The maximum absolute atomic E-state index is 13.9. The van der Waals surface area contributed by atoms with Gasteiger partial charge >= 0.3 is 6.09 Å². The van der Waals surface area contributed by atoms with Gasteiger partial charge in [0.1, 0.15) is 17.1 Å². The first-order valence-electron chi connectivity index (χ1n) is 12.4. The molecule has 0 N–H and O–H groups in total. The van der Waals surface area contributed by atoms with Crippen LogP contribution in [0.25, 0.3) is 16.7 Å². The maximum atomic E-state index is 13.9. The van der Waals surface area contributed by atoms with Gasteiger partial charge in [-0.05, 0) is 68.0 Å². The third kappa shape index (κ3) is 4.43. The maximum Gasteiger partial charge on any atom is 0.410 e. The minimum Gasteiger partial charge on any atom is -0.441 e. The summed E-state index contributed by atoms with van der Waals surface area (Å²) < 4.78 is 23.3. The van der Waals surface area contributed by atoms with Crippen LogP contribution in [0, 0.1) is 34.4 Å². The van der Waals surface area contributed by atoms with Crippen molar-refractivity contribution in [1.82, 2.24) is 29.4 Å². The van der Waals surface area contributed by atoms with E-state index in [4.69, 9.17) is 10.00 Å². The van der Waals surface area contributed by atoms with Crippen molar-refractivity contribution >= 4 is 17.1 Å². The Hall–Kier alpha value is -4.77. The summed E-state index contributed by atoms with van der Waals surface area (Å²) in [6, 6.07) is 13.5. The second kappa shape index (κ2) is 9.27. The van der Waals surface area contributed by atoms with Crippen molar-refractivity contribution in [3.63, 3.8) is 0 Å². The molecule has 2 aliphatic rings. The van der Waals surface area contributed by atoms with Crippen molar-refractivity contribution in [1.29, 1.82) is 10.5 Å². The molecule has 2 atom stereocenters. The smallest absolute Gasteiger partial charge is 0.410 e. The normalized spacial score (nSPS) is 21.0. The summed E-state index contributed by atoms with van der Waals surface area (Å²) in [5.41, 5.74) is 2.91. The number of nitrogens with zero attached hydrogens (tertiary/aromatic N) is 8. The van der Waals surface area contributed by atoms with Crippen molar-refractivity contribution in [2.75, 3.05) is 6.54 Å². The van der Waals surface area contributed by atoms with E-state index < -0.39 is 11.4 Å². The van der Waals surface area contributed by atoms with Crippen molar-refractivity contribution in [3.8, 4) is 17.8 Å². The third-order valence-electron chi connectivity index (χ3n) is 7.32. The summed E-state index contributed by atoms with van der Waals surface area (Å²) >= 11 is 0. The molecule has 1 saturated heterocycles. The van der Waals surface area contributed by atoms with E-state index in [2.05, 4.69) is 25.9 Å². The number of carbonyl (C=O) groups excluding carboxylic acids is 1. The van der Waals surface area contributed by atoms with Crippen LogP contribution in [-0.4, -0.2) is 47.7 Å². The Bertz CT molecular complexity index is 1630. The molecule has 10 nitrogen and oxygen atoms in total. The number of aromatic nitrogens is 5. The highest BCUT2D eigenvalue weighted by Crippen LogP contribution is 2.41. The molecule has 1 saturated carbocycles. The highest BCUT2D eigenvalue weighted by Gasteiger charge is 2.48. The van der Waals surface area contributed by atoms with E-state index in [-0.39, 0.29) is 18.2 Å². The molecule has 1 amide bonds. The lowest BCUT2D eigenvalue weighted by atomic mass is 9.78. The first kappa shape index (κ1) is 23.6. The number of nitriles is 2. The van der Waals surface area contributed by atoms with Gasteiger partial charge in [-0.3, -0.25) is 4.90 Å². The predicted molar refractivity (Wildman–Crippen MR) is 132 cm³/mol. The summed E-state index contributed by atoms with van der Waals surface area (Å²) in [6.07, 6.45) is 6.54. The summed E-state index contributed by atoms with van der Waals surface area (Å²) in [7, 11) is 0. The zero-order valence-corrected chi connectivity index (χ0v) is 20.4. The van der Waals surface area contributed by atoms with Gasteiger partial charge in [-0.15, -0.1) is 5.10 Å². The first-order valence-corrected chi connectivity index (χ1v) is 12.4. The number of hydrogen-bond acceptors (Lipinski definition) is 7. The number of fused-ring (bicyclic) bond motifs is 1. The third-order valence-corrected chi connectivity index (χ3v) is 7.32. The van der Waals surface area contributed by atoms with Gasteiger partial charge in [0.05, 0.1) is 65.6 Å². The summed E-state index contributed by atoms with van der Waals surface area (Å²) in [5, 5.41) is 26.6. The fourth-order valence-corrected chi connectivity index (χ4v) is 5.66. The Kier molecular flexibility index (Phi) is 5.76. The van der Waals surface area contributed by atoms with Crippen LogP contribution in [0.1, 0.15) is 42.5 Å². The minimum absolute atomic E-state index is 0.183. The molecular formula is C27H23FN8O2. The zero-order chi connectivity index (χ0) is 26.3. The quantitative estimate of drug-likeness (QED) is 0.396. The number of halogens is 1. The van der Waals surface area contributed by atoms with Crippen molar-refractivity contribution in [2.45, 2.75) is 44.4 Å². The topological polar surface area (TPSA) is 126 Å². The van der Waals surface area contributed by atoms with E-state index >= 15 is 0 Å². The SMILES string of the molecule is N#Cc1cc(F)cc(-n2cc(CN3C[C@]4(CCC[C@H](Cn5cnc6ccc(C#N)cc65)C4)OC3=O)nn2)c1. The van der Waals surface area contributed by atoms with E-state index in [1.807, 2.05) is 24.5 Å². The largest absolute Gasteiger partial charge is 0.441 e. The molecule has 2 aromatic heterocycles. The minimum atomic E-state index is -0.561. The van der Waals surface area contributed by atoms with Gasteiger partial charge in [-0.25, -0.2) is 18.9 Å². The van der Waals surface area contributed by atoms with Gasteiger partial charge in [0.15, 0.2) is 0 Å². The van der Waals surface area contributed by atoms with Crippen LogP contribution in [0.15, 0.2) is 48.9 Å². The highest BCUT2D eigenvalue weighted by molar-refractivity contribution is 5.77. The van der Waals surface area contributed by atoms with E-state index in [1.54, 1.807) is 17.2 Å².